The van der Waals surface area contributed by atoms with Crippen LogP contribution in [-0.4, -0.2) is 13.7 Å². The SMILES string of the molecule is COc1c(Cl)cc(Cl)cc1C1CO1. The monoisotopic (exact) mass is 218 g/mol. The lowest BCUT2D eigenvalue weighted by molar-refractivity contribution is 0.383. The predicted molar refractivity (Wildman–Crippen MR) is 51.7 cm³/mol. The molecule has 1 fully saturated rings. The molecule has 1 aromatic rings. The van der Waals surface area contributed by atoms with Crippen LogP contribution in [0, 0.1) is 0 Å². The molecule has 2 rings (SSSR count). The van der Waals surface area contributed by atoms with E-state index in [0.29, 0.717) is 22.4 Å². The van der Waals surface area contributed by atoms with Crippen molar-refractivity contribution in [3.8, 4) is 5.75 Å². The summed E-state index contributed by atoms with van der Waals surface area (Å²) in [5, 5.41) is 1.14. The molecule has 1 unspecified atom stereocenters. The van der Waals surface area contributed by atoms with Crippen LogP contribution in [0.2, 0.25) is 10.0 Å². The summed E-state index contributed by atoms with van der Waals surface area (Å²) in [5.74, 6) is 0.661. The Balaban J connectivity index is 2.50. The van der Waals surface area contributed by atoms with Crippen LogP contribution in [0.25, 0.3) is 0 Å². The molecule has 0 aliphatic carbocycles. The number of hydrogen-bond acceptors (Lipinski definition) is 2. The highest BCUT2D eigenvalue weighted by Crippen LogP contribution is 2.41. The number of halogens is 2. The van der Waals surface area contributed by atoms with Gasteiger partial charge in [0.25, 0.3) is 0 Å². The summed E-state index contributed by atoms with van der Waals surface area (Å²) in [7, 11) is 1.58. The fourth-order valence-corrected chi connectivity index (χ4v) is 1.85. The Kier molecular flexibility index (Phi) is 2.37. The van der Waals surface area contributed by atoms with Crippen LogP contribution in [0.5, 0.6) is 5.75 Å². The maximum absolute atomic E-state index is 5.94. The van der Waals surface area contributed by atoms with E-state index in [1.54, 1.807) is 13.2 Å². The van der Waals surface area contributed by atoms with Crippen molar-refractivity contribution < 1.29 is 9.47 Å². The fraction of sp³-hybridized carbons (Fsp3) is 0.333. The van der Waals surface area contributed by atoms with Crippen LogP contribution in [0.4, 0.5) is 0 Å². The van der Waals surface area contributed by atoms with Gasteiger partial charge < -0.3 is 9.47 Å². The van der Waals surface area contributed by atoms with Gasteiger partial charge in [0.15, 0.2) is 0 Å². The van der Waals surface area contributed by atoms with Gasteiger partial charge in [0, 0.05) is 10.6 Å². The standard InChI is InChI=1S/C9H8Cl2O2/c1-12-9-6(8-4-13-8)2-5(10)3-7(9)11/h2-3,8H,4H2,1H3. The Morgan fingerprint density at radius 3 is 2.69 bits per heavy atom. The molecule has 0 bridgehead atoms. The van der Waals surface area contributed by atoms with Gasteiger partial charge in [-0.3, -0.25) is 0 Å². The van der Waals surface area contributed by atoms with Crippen molar-refractivity contribution in [1.29, 1.82) is 0 Å². The normalized spacial score (nSPS) is 20.1. The zero-order chi connectivity index (χ0) is 9.42. The van der Waals surface area contributed by atoms with E-state index >= 15 is 0 Å². The van der Waals surface area contributed by atoms with E-state index in [2.05, 4.69) is 0 Å². The fourth-order valence-electron chi connectivity index (χ4n) is 1.26. The number of methoxy groups -OCH3 is 1. The van der Waals surface area contributed by atoms with Crippen molar-refractivity contribution in [2.45, 2.75) is 6.10 Å². The topological polar surface area (TPSA) is 21.8 Å². The third-order valence-corrected chi connectivity index (χ3v) is 2.42. The molecule has 13 heavy (non-hydrogen) atoms. The average Bonchev–Trinajstić information content (AvgIpc) is 2.85. The lowest BCUT2D eigenvalue weighted by atomic mass is 10.1. The summed E-state index contributed by atoms with van der Waals surface area (Å²) in [4.78, 5) is 0. The van der Waals surface area contributed by atoms with Gasteiger partial charge in [0.1, 0.15) is 11.9 Å². The highest BCUT2D eigenvalue weighted by Gasteiger charge is 2.29. The van der Waals surface area contributed by atoms with Crippen molar-refractivity contribution in [2.24, 2.45) is 0 Å². The molecule has 1 aliphatic rings. The largest absolute Gasteiger partial charge is 0.495 e. The number of epoxide rings is 1. The van der Waals surface area contributed by atoms with Gasteiger partial charge in [-0.15, -0.1) is 0 Å². The van der Waals surface area contributed by atoms with Crippen LogP contribution < -0.4 is 4.74 Å². The lowest BCUT2D eigenvalue weighted by Gasteiger charge is -2.08. The molecule has 1 heterocycles. The first-order chi connectivity index (χ1) is 6.22. The van der Waals surface area contributed by atoms with Crippen molar-refractivity contribution in [3.63, 3.8) is 0 Å². The van der Waals surface area contributed by atoms with Gasteiger partial charge in [-0.2, -0.15) is 0 Å². The molecule has 0 radical (unpaired) electrons. The first kappa shape index (κ1) is 9.13. The van der Waals surface area contributed by atoms with Crippen molar-refractivity contribution in [2.75, 3.05) is 13.7 Å². The number of ether oxygens (including phenoxy) is 2. The van der Waals surface area contributed by atoms with E-state index < -0.39 is 0 Å². The van der Waals surface area contributed by atoms with E-state index in [0.717, 1.165) is 5.56 Å². The summed E-state index contributed by atoms with van der Waals surface area (Å²) in [6.45, 7) is 0.715. The van der Waals surface area contributed by atoms with E-state index in [1.807, 2.05) is 6.07 Å². The van der Waals surface area contributed by atoms with Gasteiger partial charge in [-0.1, -0.05) is 23.2 Å². The molecule has 0 N–H and O–H groups in total. The molecule has 4 heteroatoms. The third kappa shape index (κ3) is 1.75. The van der Waals surface area contributed by atoms with Crippen LogP contribution in [0.3, 0.4) is 0 Å². The molecular formula is C9H8Cl2O2. The number of rotatable bonds is 2. The van der Waals surface area contributed by atoms with Crippen LogP contribution in [-0.2, 0) is 4.74 Å². The Bertz CT molecular complexity index is 335. The molecule has 1 aliphatic heterocycles. The average molecular weight is 219 g/mol. The van der Waals surface area contributed by atoms with Crippen LogP contribution in [0.15, 0.2) is 12.1 Å². The van der Waals surface area contributed by atoms with Crippen LogP contribution >= 0.6 is 23.2 Å². The first-order valence-electron chi connectivity index (χ1n) is 3.87. The minimum Gasteiger partial charge on any atom is -0.495 e. The third-order valence-electron chi connectivity index (χ3n) is 1.92. The second-order valence-electron chi connectivity index (χ2n) is 2.83. The Hall–Kier alpha value is -0.440. The van der Waals surface area contributed by atoms with Crippen molar-refractivity contribution in [3.05, 3.63) is 27.7 Å². The van der Waals surface area contributed by atoms with Gasteiger partial charge in [-0.25, -0.2) is 0 Å². The molecule has 2 nitrogen and oxygen atoms in total. The Morgan fingerprint density at radius 1 is 1.46 bits per heavy atom. The molecule has 0 amide bonds. The second-order valence-corrected chi connectivity index (χ2v) is 3.68. The maximum atomic E-state index is 5.94. The molecule has 0 aromatic heterocycles. The molecular weight excluding hydrogens is 211 g/mol. The van der Waals surface area contributed by atoms with E-state index in [1.165, 1.54) is 0 Å². The molecule has 1 saturated heterocycles. The molecule has 0 saturated carbocycles. The summed E-state index contributed by atoms with van der Waals surface area (Å²) in [6.07, 6.45) is 0.103. The molecule has 0 spiro atoms. The molecule has 1 atom stereocenters. The summed E-state index contributed by atoms with van der Waals surface area (Å²) in [6, 6.07) is 3.48. The van der Waals surface area contributed by atoms with E-state index in [9.17, 15) is 0 Å². The van der Waals surface area contributed by atoms with Gasteiger partial charge in [-0.05, 0) is 12.1 Å². The quantitative estimate of drug-likeness (QED) is 0.713. The molecule has 70 valence electrons. The molecule has 1 aromatic carbocycles. The highest BCUT2D eigenvalue weighted by atomic mass is 35.5. The highest BCUT2D eigenvalue weighted by molar-refractivity contribution is 6.35. The maximum Gasteiger partial charge on any atom is 0.143 e. The second kappa shape index (κ2) is 3.37. The zero-order valence-electron chi connectivity index (χ0n) is 7.01. The Morgan fingerprint density at radius 2 is 2.15 bits per heavy atom. The van der Waals surface area contributed by atoms with E-state index in [4.69, 9.17) is 32.7 Å². The number of benzene rings is 1. The summed E-state index contributed by atoms with van der Waals surface area (Å²) in [5.41, 5.74) is 0.931. The minimum atomic E-state index is 0.103. The summed E-state index contributed by atoms with van der Waals surface area (Å²) < 4.78 is 10.3. The minimum absolute atomic E-state index is 0.103. The Labute approximate surface area is 86.4 Å². The first-order valence-corrected chi connectivity index (χ1v) is 4.62. The van der Waals surface area contributed by atoms with Crippen LogP contribution in [0.1, 0.15) is 11.7 Å². The van der Waals surface area contributed by atoms with Crippen molar-refractivity contribution in [1.82, 2.24) is 0 Å². The zero-order valence-corrected chi connectivity index (χ0v) is 8.52. The van der Waals surface area contributed by atoms with Gasteiger partial charge in [0.05, 0.1) is 18.7 Å². The van der Waals surface area contributed by atoms with E-state index in [-0.39, 0.29) is 6.10 Å². The van der Waals surface area contributed by atoms with Crippen molar-refractivity contribution >= 4 is 23.2 Å². The summed E-state index contributed by atoms with van der Waals surface area (Å²) >= 11 is 11.8. The van der Waals surface area contributed by atoms with Gasteiger partial charge >= 0.3 is 0 Å². The lowest BCUT2D eigenvalue weighted by Crippen LogP contribution is -1.91. The predicted octanol–water partition coefficient (Wildman–Crippen LogP) is 3.07. The van der Waals surface area contributed by atoms with Gasteiger partial charge in [0.2, 0.25) is 0 Å². The smallest absolute Gasteiger partial charge is 0.143 e. The number of hydrogen-bond donors (Lipinski definition) is 0.